The number of rotatable bonds is 5. The van der Waals surface area contributed by atoms with Crippen molar-refractivity contribution >= 4 is 39.5 Å². The third kappa shape index (κ3) is 3.23. The van der Waals surface area contributed by atoms with E-state index in [0.717, 1.165) is 16.5 Å². The quantitative estimate of drug-likeness (QED) is 0.705. The number of nitrogens with one attached hydrogen (secondary N) is 1. The molecule has 2 aromatic carbocycles. The van der Waals surface area contributed by atoms with Gasteiger partial charge in [-0.1, -0.05) is 42.5 Å². The summed E-state index contributed by atoms with van der Waals surface area (Å²) in [6.45, 7) is 0. The monoisotopic (exact) mass is 309 g/mol. The molecule has 4 heteroatoms. The van der Waals surface area contributed by atoms with Crippen LogP contribution >= 0.6 is 11.3 Å². The Labute approximate surface area is 132 Å². The molecule has 22 heavy (non-hydrogen) atoms. The SMILES string of the molecule is O=C(CCC(=O)c1cccs1)Nc1cccc2ccccc12. The molecule has 0 radical (unpaired) electrons. The molecule has 3 nitrogen and oxygen atoms in total. The van der Waals surface area contributed by atoms with Gasteiger partial charge in [-0.3, -0.25) is 9.59 Å². The van der Waals surface area contributed by atoms with E-state index in [0.29, 0.717) is 4.88 Å². The van der Waals surface area contributed by atoms with E-state index < -0.39 is 0 Å². The number of benzene rings is 2. The minimum atomic E-state index is -0.138. The van der Waals surface area contributed by atoms with Crippen LogP contribution in [0.4, 0.5) is 5.69 Å². The zero-order chi connectivity index (χ0) is 15.4. The lowest BCUT2D eigenvalue weighted by atomic mass is 10.1. The maximum Gasteiger partial charge on any atom is 0.224 e. The maximum atomic E-state index is 12.1. The first-order valence-corrected chi connectivity index (χ1v) is 7.96. The Balaban J connectivity index is 1.65. The van der Waals surface area contributed by atoms with Crippen LogP contribution in [0.15, 0.2) is 60.0 Å². The largest absolute Gasteiger partial charge is 0.326 e. The zero-order valence-electron chi connectivity index (χ0n) is 11.9. The molecule has 0 bridgehead atoms. The summed E-state index contributed by atoms with van der Waals surface area (Å²) in [7, 11) is 0. The fraction of sp³-hybridized carbons (Fsp3) is 0.111. The number of ketones is 1. The predicted octanol–water partition coefficient (Wildman–Crippen LogP) is 4.50. The highest BCUT2D eigenvalue weighted by Gasteiger charge is 2.11. The summed E-state index contributed by atoms with van der Waals surface area (Å²) < 4.78 is 0. The Kier molecular flexibility index (Phi) is 4.30. The van der Waals surface area contributed by atoms with Crippen molar-refractivity contribution in [3.63, 3.8) is 0 Å². The predicted molar refractivity (Wildman–Crippen MR) is 90.5 cm³/mol. The maximum absolute atomic E-state index is 12.1. The first-order valence-electron chi connectivity index (χ1n) is 7.08. The number of thiophene rings is 1. The normalized spacial score (nSPS) is 10.5. The number of hydrogen-bond acceptors (Lipinski definition) is 3. The molecule has 0 aliphatic carbocycles. The summed E-state index contributed by atoms with van der Waals surface area (Å²) in [4.78, 5) is 24.7. The van der Waals surface area contributed by atoms with Gasteiger partial charge in [0.25, 0.3) is 0 Å². The van der Waals surface area contributed by atoms with Gasteiger partial charge in [0.15, 0.2) is 5.78 Å². The molecule has 1 amide bonds. The van der Waals surface area contributed by atoms with Crippen LogP contribution < -0.4 is 5.32 Å². The number of carbonyl (C=O) groups is 2. The van der Waals surface area contributed by atoms with Crippen molar-refractivity contribution in [3.8, 4) is 0 Å². The van der Waals surface area contributed by atoms with Gasteiger partial charge >= 0.3 is 0 Å². The number of hydrogen-bond donors (Lipinski definition) is 1. The first-order chi connectivity index (χ1) is 10.7. The van der Waals surface area contributed by atoms with Gasteiger partial charge in [0.2, 0.25) is 5.91 Å². The van der Waals surface area contributed by atoms with Crippen molar-refractivity contribution in [2.45, 2.75) is 12.8 Å². The van der Waals surface area contributed by atoms with Gasteiger partial charge < -0.3 is 5.32 Å². The molecule has 3 rings (SSSR count). The Hall–Kier alpha value is -2.46. The molecule has 0 aliphatic rings. The van der Waals surface area contributed by atoms with Crippen LogP contribution in [0.2, 0.25) is 0 Å². The van der Waals surface area contributed by atoms with Crippen molar-refractivity contribution in [2.24, 2.45) is 0 Å². The second-order valence-electron chi connectivity index (χ2n) is 4.98. The molecule has 0 unspecified atom stereocenters. The average Bonchev–Trinajstić information content (AvgIpc) is 3.07. The smallest absolute Gasteiger partial charge is 0.224 e. The number of amides is 1. The van der Waals surface area contributed by atoms with Crippen LogP contribution in [-0.2, 0) is 4.79 Å². The Morgan fingerprint density at radius 2 is 1.73 bits per heavy atom. The van der Waals surface area contributed by atoms with Crippen LogP contribution in [0.25, 0.3) is 10.8 Å². The fourth-order valence-electron chi connectivity index (χ4n) is 2.33. The van der Waals surface area contributed by atoms with Crippen molar-refractivity contribution < 1.29 is 9.59 Å². The van der Waals surface area contributed by atoms with Crippen molar-refractivity contribution in [1.29, 1.82) is 0 Å². The molecule has 110 valence electrons. The van der Waals surface area contributed by atoms with Crippen LogP contribution in [0.3, 0.4) is 0 Å². The lowest BCUT2D eigenvalue weighted by molar-refractivity contribution is -0.116. The molecule has 0 saturated carbocycles. The molecule has 1 aromatic heterocycles. The molecule has 0 atom stereocenters. The molecule has 1 N–H and O–H groups in total. The summed E-state index contributed by atoms with van der Waals surface area (Å²) in [6.07, 6.45) is 0.428. The molecular weight excluding hydrogens is 294 g/mol. The van der Waals surface area contributed by atoms with E-state index in [-0.39, 0.29) is 24.5 Å². The number of carbonyl (C=O) groups excluding carboxylic acids is 2. The fourth-order valence-corrected chi connectivity index (χ4v) is 3.03. The van der Waals surface area contributed by atoms with Gasteiger partial charge in [0.05, 0.1) is 4.88 Å². The standard InChI is InChI=1S/C18H15NO2S/c20-16(17-9-4-12-22-17)10-11-18(21)19-15-8-3-6-13-5-1-2-7-14(13)15/h1-9,12H,10-11H2,(H,19,21). The van der Waals surface area contributed by atoms with Crippen LogP contribution in [0, 0.1) is 0 Å². The second kappa shape index (κ2) is 6.54. The van der Waals surface area contributed by atoms with Gasteiger partial charge in [-0.05, 0) is 22.9 Å². The van der Waals surface area contributed by atoms with E-state index in [4.69, 9.17) is 0 Å². The van der Waals surface area contributed by atoms with Crippen molar-refractivity contribution in [1.82, 2.24) is 0 Å². The van der Waals surface area contributed by atoms with Gasteiger partial charge in [-0.25, -0.2) is 0 Å². The van der Waals surface area contributed by atoms with Crippen LogP contribution in [0.5, 0.6) is 0 Å². The lowest BCUT2D eigenvalue weighted by Crippen LogP contribution is -2.13. The Bertz CT molecular complexity index is 804. The number of Topliss-reactive ketones (excluding diaryl/α,β-unsaturated/α-hetero) is 1. The van der Waals surface area contributed by atoms with Gasteiger partial charge in [-0.15, -0.1) is 11.3 Å². The van der Waals surface area contributed by atoms with Crippen LogP contribution in [0.1, 0.15) is 22.5 Å². The molecular formula is C18H15NO2S. The van der Waals surface area contributed by atoms with Gasteiger partial charge in [-0.2, -0.15) is 0 Å². The molecule has 1 heterocycles. The van der Waals surface area contributed by atoms with Crippen molar-refractivity contribution in [2.75, 3.05) is 5.32 Å². The van der Waals surface area contributed by atoms with E-state index in [1.807, 2.05) is 53.9 Å². The molecule has 0 fully saturated rings. The summed E-state index contributed by atoms with van der Waals surface area (Å²) in [5.74, 6) is -0.121. The summed E-state index contributed by atoms with van der Waals surface area (Å²) in [5.41, 5.74) is 0.784. The molecule has 0 saturated heterocycles. The summed E-state index contributed by atoms with van der Waals surface area (Å²) in [6, 6.07) is 17.3. The lowest BCUT2D eigenvalue weighted by Gasteiger charge is -2.08. The third-order valence-corrected chi connectivity index (χ3v) is 4.35. The highest BCUT2D eigenvalue weighted by molar-refractivity contribution is 7.12. The van der Waals surface area contributed by atoms with E-state index in [9.17, 15) is 9.59 Å². The van der Waals surface area contributed by atoms with E-state index in [2.05, 4.69) is 5.32 Å². The topological polar surface area (TPSA) is 46.2 Å². The minimum absolute atomic E-state index is 0.0167. The zero-order valence-corrected chi connectivity index (χ0v) is 12.7. The molecule has 3 aromatic rings. The minimum Gasteiger partial charge on any atom is -0.326 e. The molecule has 0 aliphatic heterocycles. The summed E-state index contributed by atoms with van der Waals surface area (Å²) in [5, 5.41) is 6.84. The second-order valence-corrected chi connectivity index (χ2v) is 5.92. The highest BCUT2D eigenvalue weighted by atomic mass is 32.1. The van der Waals surface area contributed by atoms with Gasteiger partial charge in [0, 0.05) is 23.9 Å². The Morgan fingerprint density at radius 3 is 2.55 bits per heavy atom. The van der Waals surface area contributed by atoms with Gasteiger partial charge in [0.1, 0.15) is 0 Å². The third-order valence-electron chi connectivity index (χ3n) is 3.44. The van der Waals surface area contributed by atoms with E-state index in [1.165, 1.54) is 11.3 Å². The average molecular weight is 309 g/mol. The number of fused-ring (bicyclic) bond motifs is 1. The van der Waals surface area contributed by atoms with E-state index >= 15 is 0 Å². The Morgan fingerprint density at radius 1 is 0.909 bits per heavy atom. The first kappa shape index (κ1) is 14.5. The van der Waals surface area contributed by atoms with Crippen molar-refractivity contribution in [3.05, 3.63) is 64.9 Å². The highest BCUT2D eigenvalue weighted by Crippen LogP contribution is 2.23. The van der Waals surface area contributed by atoms with E-state index in [1.54, 1.807) is 6.07 Å². The summed E-state index contributed by atoms with van der Waals surface area (Å²) >= 11 is 1.41. The van der Waals surface area contributed by atoms with Crippen LogP contribution in [-0.4, -0.2) is 11.7 Å². The molecule has 0 spiro atoms. The number of anilines is 1.